The molecule has 1 saturated carbocycles. The van der Waals surface area contributed by atoms with E-state index in [2.05, 4.69) is 51.5 Å². The Morgan fingerprint density at radius 1 is 1.29 bits per heavy atom. The van der Waals surface area contributed by atoms with Crippen molar-refractivity contribution in [3.63, 3.8) is 0 Å². The van der Waals surface area contributed by atoms with Crippen molar-refractivity contribution >= 4 is 15.9 Å². The van der Waals surface area contributed by atoms with E-state index in [1.807, 2.05) is 16.3 Å². The molecule has 1 aliphatic rings. The normalized spacial score (nSPS) is 14.9. The molecule has 2 heterocycles. The maximum atomic E-state index is 4.64. The van der Waals surface area contributed by atoms with E-state index in [0.29, 0.717) is 0 Å². The van der Waals surface area contributed by atoms with Crippen molar-refractivity contribution in [2.75, 3.05) is 0 Å². The molecule has 0 atom stereocenters. The molecule has 1 N–H and O–H groups in total. The lowest BCUT2D eigenvalue weighted by atomic mass is 10.2. The zero-order chi connectivity index (χ0) is 15.0. The highest BCUT2D eigenvalue weighted by atomic mass is 79.9. The molecule has 0 aromatic carbocycles. The van der Waals surface area contributed by atoms with Gasteiger partial charge in [-0.15, -0.1) is 0 Å². The van der Waals surface area contributed by atoms with Crippen LogP contribution in [0.4, 0.5) is 0 Å². The average Bonchev–Trinajstić information content (AvgIpc) is 3.17. The Morgan fingerprint density at radius 3 is 2.71 bits per heavy atom. The zero-order valence-electron chi connectivity index (χ0n) is 12.9. The number of hydrogen-bond donors (Lipinski definition) is 1. The quantitative estimate of drug-likeness (QED) is 0.870. The fourth-order valence-electron chi connectivity index (χ4n) is 2.53. The Balaban J connectivity index is 1.76. The fourth-order valence-corrected chi connectivity index (χ4v) is 2.94. The van der Waals surface area contributed by atoms with Crippen molar-refractivity contribution in [2.24, 2.45) is 0 Å². The van der Waals surface area contributed by atoms with Crippen LogP contribution in [0.1, 0.15) is 42.4 Å². The first kappa shape index (κ1) is 14.8. The summed E-state index contributed by atoms with van der Waals surface area (Å²) in [4.78, 5) is 0. The van der Waals surface area contributed by atoms with E-state index in [1.54, 1.807) is 0 Å². The first-order valence-corrected chi connectivity index (χ1v) is 8.36. The molecule has 1 aliphatic carbocycles. The van der Waals surface area contributed by atoms with E-state index in [4.69, 9.17) is 0 Å². The molecule has 2 aromatic heterocycles. The van der Waals surface area contributed by atoms with E-state index in [-0.39, 0.29) is 0 Å². The lowest BCUT2D eigenvalue weighted by Gasteiger charge is -2.05. The fraction of sp³-hybridized carbons (Fsp3) is 0.600. The minimum absolute atomic E-state index is 0.728. The maximum Gasteiger partial charge on any atom is 0.0840 e. The monoisotopic (exact) mass is 351 g/mol. The summed E-state index contributed by atoms with van der Waals surface area (Å²) in [5, 5.41) is 12.7. The van der Waals surface area contributed by atoms with Crippen LogP contribution in [0.5, 0.6) is 0 Å². The van der Waals surface area contributed by atoms with Gasteiger partial charge in [0.15, 0.2) is 0 Å². The zero-order valence-corrected chi connectivity index (χ0v) is 14.4. The summed E-state index contributed by atoms with van der Waals surface area (Å²) >= 11 is 3.65. The molecule has 5 nitrogen and oxygen atoms in total. The molecule has 0 saturated heterocycles. The Labute approximate surface area is 133 Å². The van der Waals surface area contributed by atoms with Gasteiger partial charge in [-0.2, -0.15) is 10.2 Å². The van der Waals surface area contributed by atoms with Gasteiger partial charge in [-0.25, -0.2) is 0 Å². The maximum absolute atomic E-state index is 4.64. The summed E-state index contributed by atoms with van der Waals surface area (Å²) in [6, 6.07) is 0.728. The topological polar surface area (TPSA) is 47.7 Å². The Morgan fingerprint density at radius 2 is 2.05 bits per heavy atom. The summed E-state index contributed by atoms with van der Waals surface area (Å²) in [6.07, 6.45) is 4.78. The molecule has 0 aliphatic heterocycles. The molecular weight excluding hydrogens is 330 g/mol. The molecule has 0 bridgehead atoms. The molecule has 0 spiro atoms. The van der Waals surface area contributed by atoms with E-state index >= 15 is 0 Å². The van der Waals surface area contributed by atoms with Crippen LogP contribution in [0, 0.1) is 13.8 Å². The lowest BCUT2D eigenvalue weighted by Crippen LogP contribution is -2.15. The number of halogens is 1. The first-order valence-electron chi connectivity index (χ1n) is 7.56. The smallest absolute Gasteiger partial charge is 0.0840 e. The van der Waals surface area contributed by atoms with Gasteiger partial charge in [0.05, 0.1) is 28.1 Å². The molecule has 114 valence electrons. The molecule has 21 heavy (non-hydrogen) atoms. The summed E-state index contributed by atoms with van der Waals surface area (Å²) in [6.45, 7) is 8.76. The van der Waals surface area contributed by atoms with E-state index in [9.17, 15) is 0 Å². The van der Waals surface area contributed by atoms with Gasteiger partial charge in [-0.05, 0) is 49.5 Å². The number of nitrogens with zero attached hydrogens (tertiary/aromatic N) is 4. The number of hydrogen-bond acceptors (Lipinski definition) is 3. The molecule has 3 rings (SSSR count). The van der Waals surface area contributed by atoms with Crippen molar-refractivity contribution in [3.8, 4) is 0 Å². The molecule has 0 radical (unpaired) electrons. The first-order chi connectivity index (χ1) is 10.1. The Bertz CT molecular complexity index is 639. The summed E-state index contributed by atoms with van der Waals surface area (Å²) < 4.78 is 5.15. The molecule has 0 unspecified atom stereocenters. The van der Waals surface area contributed by atoms with Crippen LogP contribution in [-0.4, -0.2) is 25.6 Å². The predicted octanol–water partition coefficient (Wildman–Crippen LogP) is 2.78. The van der Waals surface area contributed by atoms with Crippen LogP contribution in [0.25, 0.3) is 0 Å². The third kappa shape index (κ3) is 3.21. The van der Waals surface area contributed by atoms with Gasteiger partial charge in [0.1, 0.15) is 0 Å². The predicted molar refractivity (Wildman–Crippen MR) is 86.3 cm³/mol. The van der Waals surface area contributed by atoms with Crippen molar-refractivity contribution in [3.05, 3.63) is 33.3 Å². The summed E-state index contributed by atoms with van der Waals surface area (Å²) in [5.74, 6) is 0. The van der Waals surface area contributed by atoms with Crippen LogP contribution in [0.15, 0.2) is 10.7 Å². The number of rotatable bonds is 6. The number of nitrogens with one attached hydrogen (secondary N) is 1. The lowest BCUT2D eigenvalue weighted by molar-refractivity contribution is 0.572. The minimum atomic E-state index is 0.728. The van der Waals surface area contributed by atoms with E-state index in [1.165, 1.54) is 24.1 Å². The Hall–Kier alpha value is -1.14. The van der Waals surface area contributed by atoms with Gasteiger partial charge in [0, 0.05) is 30.9 Å². The van der Waals surface area contributed by atoms with Crippen LogP contribution >= 0.6 is 15.9 Å². The van der Waals surface area contributed by atoms with Crippen molar-refractivity contribution in [1.82, 2.24) is 24.9 Å². The standard InChI is InChI=1S/C15H22BrN5/c1-4-21-14(15(16)11(3)19-21)9-20-8-12(10(2)18-20)7-17-13-5-6-13/h8,13,17H,4-7,9H2,1-3H3. The van der Waals surface area contributed by atoms with E-state index in [0.717, 1.165) is 41.5 Å². The van der Waals surface area contributed by atoms with Gasteiger partial charge in [-0.3, -0.25) is 9.36 Å². The molecule has 1 fully saturated rings. The number of aromatic nitrogens is 4. The van der Waals surface area contributed by atoms with Crippen LogP contribution < -0.4 is 5.32 Å². The van der Waals surface area contributed by atoms with Gasteiger partial charge in [0.2, 0.25) is 0 Å². The molecule has 2 aromatic rings. The third-order valence-corrected chi connectivity index (χ3v) is 5.00. The third-order valence-electron chi connectivity index (χ3n) is 3.97. The van der Waals surface area contributed by atoms with Gasteiger partial charge < -0.3 is 5.32 Å². The SMILES string of the molecule is CCn1nc(C)c(Br)c1Cn1cc(CNC2CC2)c(C)n1. The highest BCUT2D eigenvalue weighted by Gasteiger charge is 2.21. The summed E-state index contributed by atoms with van der Waals surface area (Å²) in [7, 11) is 0. The van der Waals surface area contributed by atoms with Gasteiger partial charge >= 0.3 is 0 Å². The second-order valence-corrected chi connectivity index (χ2v) is 6.55. The van der Waals surface area contributed by atoms with Crippen LogP contribution in [0.2, 0.25) is 0 Å². The summed E-state index contributed by atoms with van der Waals surface area (Å²) in [5.41, 5.74) is 4.61. The molecule has 0 amide bonds. The second-order valence-electron chi connectivity index (χ2n) is 5.75. The van der Waals surface area contributed by atoms with Crippen molar-refractivity contribution < 1.29 is 0 Å². The molecular formula is C15H22BrN5. The Kier molecular flexibility index (Phi) is 4.17. The van der Waals surface area contributed by atoms with Crippen LogP contribution in [0.3, 0.4) is 0 Å². The number of aryl methyl sites for hydroxylation is 3. The second kappa shape index (κ2) is 5.93. The van der Waals surface area contributed by atoms with Gasteiger partial charge in [0.25, 0.3) is 0 Å². The molecule has 6 heteroatoms. The highest BCUT2D eigenvalue weighted by molar-refractivity contribution is 9.10. The van der Waals surface area contributed by atoms with Crippen LogP contribution in [-0.2, 0) is 19.6 Å². The van der Waals surface area contributed by atoms with E-state index < -0.39 is 0 Å². The minimum Gasteiger partial charge on any atom is -0.310 e. The average molecular weight is 352 g/mol. The van der Waals surface area contributed by atoms with Gasteiger partial charge in [-0.1, -0.05) is 0 Å². The largest absolute Gasteiger partial charge is 0.310 e. The van der Waals surface area contributed by atoms with Crippen molar-refractivity contribution in [1.29, 1.82) is 0 Å². The highest BCUT2D eigenvalue weighted by Crippen LogP contribution is 2.23. The van der Waals surface area contributed by atoms with Crippen molar-refractivity contribution in [2.45, 2.75) is 59.3 Å².